The van der Waals surface area contributed by atoms with Gasteiger partial charge in [-0.2, -0.15) is 22.7 Å². The Labute approximate surface area is 131 Å². The van der Waals surface area contributed by atoms with Crippen LogP contribution in [0.15, 0.2) is 33.7 Å². The van der Waals surface area contributed by atoms with Crippen molar-refractivity contribution >= 4 is 60.3 Å². The van der Waals surface area contributed by atoms with Crippen molar-refractivity contribution in [2.24, 2.45) is 0 Å². The first-order valence-corrected chi connectivity index (χ1v) is 9.60. The highest BCUT2D eigenvalue weighted by Gasteiger charge is 2.28. The van der Waals surface area contributed by atoms with Crippen LogP contribution in [0, 0.1) is 0 Å². The van der Waals surface area contributed by atoms with E-state index in [-0.39, 0.29) is 17.6 Å². The number of hydrogen-bond donors (Lipinski definition) is 0. The summed E-state index contributed by atoms with van der Waals surface area (Å²) in [6.45, 7) is 0. The summed E-state index contributed by atoms with van der Waals surface area (Å²) in [4.78, 5) is 12.7. The van der Waals surface area contributed by atoms with Crippen LogP contribution in [0.1, 0.15) is 23.0 Å². The minimum absolute atomic E-state index is 0.0568. The largest absolute Gasteiger partial charge is 0.298 e. The first-order valence-electron chi connectivity index (χ1n) is 5.47. The fourth-order valence-electron chi connectivity index (χ4n) is 1.85. The molecular formula is C13H12Br2OS2. The zero-order valence-corrected chi connectivity index (χ0v) is 14.3. The molecule has 0 bridgehead atoms. The van der Waals surface area contributed by atoms with Gasteiger partial charge in [-0.05, 0) is 44.8 Å². The van der Waals surface area contributed by atoms with Crippen LogP contribution in [0.5, 0.6) is 0 Å². The van der Waals surface area contributed by atoms with Crippen LogP contribution in [0.3, 0.4) is 0 Å². The molecule has 0 aliphatic heterocycles. The molecule has 0 radical (unpaired) electrons. The van der Waals surface area contributed by atoms with Gasteiger partial charge in [0.2, 0.25) is 0 Å². The lowest BCUT2D eigenvalue weighted by molar-refractivity contribution is -0.120. The van der Waals surface area contributed by atoms with Crippen LogP contribution < -0.4 is 0 Å². The van der Waals surface area contributed by atoms with E-state index >= 15 is 0 Å². The summed E-state index contributed by atoms with van der Waals surface area (Å²) in [6.07, 6.45) is 0. The van der Waals surface area contributed by atoms with Crippen molar-refractivity contribution in [3.8, 4) is 0 Å². The Kier molecular flexibility index (Phi) is 5.60. The second-order valence-electron chi connectivity index (χ2n) is 3.93. The van der Waals surface area contributed by atoms with Crippen LogP contribution in [-0.2, 0) is 4.79 Å². The fraction of sp³-hybridized carbons (Fsp3) is 0.308. The van der Waals surface area contributed by atoms with Gasteiger partial charge in [-0.15, -0.1) is 0 Å². The smallest absolute Gasteiger partial charge is 0.149 e. The van der Waals surface area contributed by atoms with E-state index in [0.29, 0.717) is 10.7 Å². The predicted octanol–water partition coefficient (Wildman–Crippen LogP) is 5.04. The number of ketones is 1. The molecule has 0 amide bonds. The van der Waals surface area contributed by atoms with E-state index < -0.39 is 0 Å². The fourth-order valence-corrected chi connectivity index (χ4v) is 4.66. The highest BCUT2D eigenvalue weighted by Crippen LogP contribution is 2.31. The monoisotopic (exact) mass is 406 g/mol. The zero-order chi connectivity index (χ0) is 13.0. The molecule has 0 saturated carbocycles. The minimum Gasteiger partial charge on any atom is -0.298 e. The van der Waals surface area contributed by atoms with Crippen LogP contribution in [0.2, 0.25) is 0 Å². The average molecular weight is 408 g/mol. The number of alkyl halides is 2. The Bertz CT molecular complexity index is 435. The molecule has 2 heterocycles. The highest BCUT2D eigenvalue weighted by atomic mass is 79.9. The SMILES string of the molecule is O=C(C(CBr)c1ccsc1)C(CBr)c1ccsc1. The van der Waals surface area contributed by atoms with E-state index in [0.717, 1.165) is 11.1 Å². The Morgan fingerprint density at radius 1 is 1.00 bits per heavy atom. The first kappa shape index (κ1) is 14.4. The number of halogens is 2. The van der Waals surface area contributed by atoms with Crippen molar-refractivity contribution in [2.45, 2.75) is 11.8 Å². The van der Waals surface area contributed by atoms with E-state index in [1.165, 1.54) is 0 Å². The van der Waals surface area contributed by atoms with Gasteiger partial charge in [-0.25, -0.2) is 0 Å². The Morgan fingerprint density at radius 3 is 1.72 bits per heavy atom. The highest BCUT2D eigenvalue weighted by molar-refractivity contribution is 9.09. The molecular weight excluding hydrogens is 396 g/mol. The molecule has 18 heavy (non-hydrogen) atoms. The number of carbonyl (C=O) groups is 1. The number of hydrogen-bond acceptors (Lipinski definition) is 3. The maximum Gasteiger partial charge on any atom is 0.149 e. The summed E-state index contributed by atoms with van der Waals surface area (Å²) in [7, 11) is 0. The van der Waals surface area contributed by atoms with E-state index in [2.05, 4.69) is 42.6 Å². The number of rotatable bonds is 6. The molecule has 1 nitrogen and oxygen atoms in total. The summed E-state index contributed by atoms with van der Waals surface area (Å²) >= 11 is 10.2. The Balaban J connectivity index is 2.23. The van der Waals surface area contributed by atoms with Gasteiger partial charge in [-0.3, -0.25) is 4.79 Å². The molecule has 0 fully saturated rings. The van der Waals surface area contributed by atoms with Gasteiger partial charge in [0.05, 0.1) is 11.8 Å². The van der Waals surface area contributed by atoms with E-state index in [4.69, 9.17) is 0 Å². The molecule has 0 N–H and O–H groups in total. The normalized spacial score (nSPS) is 14.3. The molecule has 0 aliphatic rings. The number of thiophene rings is 2. The third kappa shape index (κ3) is 3.13. The summed E-state index contributed by atoms with van der Waals surface area (Å²) in [5, 5.41) is 9.51. The maximum atomic E-state index is 12.7. The van der Waals surface area contributed by atoms with Crippen molar-refractivity contribution in [1.29, 1.82) is 0 Å². The van der Waals surface area contributed by atoms with Crippen molar-refractivity contribution in [3.63, 3.8) is 0 Å². The summed E-state index contributed by atoms with van der Waals surface area (Å²) < 4.78 is 0. The van der Waals surface area contributed by atoms with Gasteiger partial charge < -0.3 is 0 Å². The third-order valence-electron chi connectivity index (χ3n) is 2.89. The van der Waals surface area contributed by atoms with Crippen LogP contribution in [0.4, 0.5) is 0 Å². The first-order chi connectivity index (χ1) is 8.77. The minimum atomic E-state index is -0.0568. The van der Waals surface area contributed by atoms with Crippen LogP contribution in [-0.4, -0.2) is 16.4 Å². The van der Waals surface area contributed by atoms with Gasteiger partial charge in [0.1, 0.15) is 5.78 Å². The molecule has 2 atom stereocenters. The molecule has 0 spiro atoms. The molecule has 2 aromatic heterocycles. The molecule has 0 aromatic carbocycles. The molecule has 0 aliphatic carbocycles. The van der Waals surface area contributed by atoms with Gasteiger partial charge >= 0.3 is 0 Å². The summed E-state index contributed by atoms with van der Waals surface area (Å²) in [6, 6.07) is 4.07. The van der Waals surface area contributed by atoms with Gasteiger partial charge in [0.25, 0.3) is 0 Å². The van der Waals surface area contributed by atoms with Crippen molar-refractivity contribution in [1.82, 2.24) is 0 Å². The van der Waals surface area contributed by atoms with E-state index in [1.54, 1.807) is 22.7 Å². The van der Waals surface area contributed by atoms with Crippen LogP contribution in [0.25, 0.3) is 0 Å². The van der Waals surface area contributed by atoms with Crippen molar-refractivity contribution < 1.29 is 4.79 Å². The molecule has 2 rings (SSSR count). The van der Waals surface area contributed by atoms with Crippen molar-refractivity contribution in [2.75, 3.05) is 10.7 Å². The molecule has 5 heteroatoms. The van der Waals surface area contributed by atoms with E-state index in [1.807, 2.05) is 22.9 Å². The zero-order valence-electron chi connectivity index (χ0n) is 9.51. The second kappa shape index (κ2) is 6.98. The maximum absolute atomic E-state index is 12.7. The Morgan fingerprint density at radius 2 is 1.44 bits per heavy atom. The summed E-state index contributed by atoms with van der Waals surface area (Å²) in [5.74, 6) is 0.165. The molecule has 0 saturated heterocycles. The second-order valence-corrected chi connectivity index (χ2v) is 6.78. The van der Waals surface area contributed by atoms with Crippen LogP contribution >= 0.6 is 54.5 Å². The molecule has 96 valence electrons. The molecule has 2 aromatic rings. The van der Waals surface area contributed by atoms with E-state index in [9.17, 15) is 4.79 Å². The van der Waals surface area contributed by atoms with Gasteiger partial charge in [0.15, 0.2) is 0 Å². The van der Waals surface area contributed by atoms with Gasteiger partial charge in [-0.1, -0.05) is 31.9 Å². The third-order valence-corrected chi connectivity index (χ3v) is 5.58. The average Bonchev–Trinajstić information content (AvgIpc) is 3.03. The standard InChI is InChI=1S/C13H12Br2OS2/c14-5-11(9-1-3-17-7-9)13(16)12(6-15)10-2-4-18-8-10/h1-4,7-8,11-12H,5-6H2. The topological polar surface area (TPSA) is 17.1 Å². The summed E-state index contributed by atoms with van der Waals surface area (Å²) in [5.41, 5.74) is 2.23. The lowest BCUT2D eigenvalue weighted by Crippen LogP contribution is -2.22. The quantitative estimate of drug-likeness (QED) is 0.613. The predicted molar refractivity (Wildman–Crippen MR) is 86.7 cm³/mol. The number of Topliss-reactive ketones (excluding diaryl/α,β-unsaturated/α-hetero) is 1. The lowest BCUT2D eigenvalue weighted by Gasteiger charge is -2.18. The lowest BCUT2D eigenvalue weighted by atomic mass is 9.88. The van der Waals surface area contributed by atoms with Gasteiger partial charge in [0, 0.05) is 10.7 Å². The van der Waals surface area contributed by atoms with Crippen molar-refractivity contribution in [3.05, 3.63) is 44.8 Å². The molecule has 2 unspecified atom stereocenters. The number of carbonyl (C=O) groups excluding carboxylic acids is 1. The Hall–Kier alpha value is 0.0300.